The fourth-order valence-corrected chi connectivity index (χ4v) is 0.858. The maximum atomic E-state index is 5.00. The third-order valence-corrected chi connectivity index (χ3v) is 2.56. The van der Waals surface area contributed by atoms with Gasteiger partial charge < -0.3 is 0 Å². The summed E-state index contributed by atoms with van der Waals surface area (Å²) in [6.45, 7) is 4.03. The summed E-state index contributed by atoms with van der Waals surface area (Å²) in [7, 11) is 0. The summed E-state index contributed by atoms with van der Waals surface area (Å²) in [6.07, 6.45) is 3.47. The zero-order valence-electron chi connectivity index (χ0n) is 5.47. The Balaban J connectivity index is 3.43. The monoisotopic (exact) mass is 188 g/mol. The van der Waals surface area contributed by atoms with Crippen molar-refractivity contribution in [3.63, 3.8) is 0 Å². The Bertz CT molecular complexity index is 239. The van der Waals surface area contributed by atoms with E-state index in [1.54, 1.807) is 12.5 Å². The average Bonchev–Trinajstić information content (AvgIpc) is 1.83. The molecule has 1 rings (SSSR count). The molecular formula is C7H8OSe. The van der Waals surface area contributed by atoms with E-state index in [0.717, 1.165) is 11.1 Å². The van der Waals surface area contributed by atoms with Crippen LogP contribution in [0, 0.1) is 17.9 Å². The molecule has 1 aromatic heterocycles. The first-order valence-corrected chi connectivity index (χ1v) is 3.61. The van der Waals surface area contributed by atoms with E-state index in [4.69, 9.17) is 4.42 Å². The van der Waals surface area contributed by atoms with E-state index in [1.165, 1.54) is 4.06 Å². The van der Waals surface area contributed by atoms with Gasteiger partial charge in [0.05, 0.1) is 0 Å². The van der Waals surface area contributed by atoms with Gasteiger partial charge in [0, 0.05) is 0 Å². The third-order valence-electron chi connectivity index (χ3n) is 1.21. The first-order chi connectivity index (χ1) is 4.22. The van der Waals surface area contributed by atoms with Gasteiger partial charge in [-0.05, 0) is 0 Å². The maximum absolute atomic E-state index is 5.00. The quantitative estimate of drug-likeness (QED) is 0.562. The van der Waals surface area contributed by atoms with Crippen LogP contribution in [0.3, 0.4) is 0 Å². The second-order valence-electron chi connectivity index (χ2n) is 2.07. The van der Waals surface area contributed by atoms with Gasteiger partial charge in [0.15, 0.2) is 0 Å². The van der Waals surface area contributed by atoms with Crippen LogP contribution in [0.25, 0.3) is 0 Å². The molecule has 0 atom stereocenters. The van der Waals surface area contributed by atoms with E-state index in [1.807, 2.05) is 13.8 Å². The summed E-state index contributed by atoms with van der Waals surface area (Å²) in [5.41, 5.74) is 2.32. The zero-order valence-corrected chi connectivity index (χ0v) is 7.18. The van der Waals surface area contributed by atoms with Crippen molar-refractivity contribution in [2.45, 2.75) is 13.8 Å². The Kier molecular flexibility index (Phi) is 1.89. The van der Waals surface area contributed by atoms with E-state index in [0.29, 0.717) is 0 Å². The van der Waals surface area contributed by atoms with Crippen molar-refractivity contribution in [2.75, 3.05) is 0 Å². The van der Waals surface area contributed by atoms with Gasteiger partial charge in [0.2, 0.25) is 0 Å². The van der Waals surface area contributed by atoms with Gasteiger partial charge in [-0.3, -0.25) is 0 Å². The molecule has 0 saturated carbocycles. The molecule has 9 heavy (non-hydrogen) atoms. The predicted octanol–water partition coefficient (Wildman–Crippen LogP) is 1.60. The summed E-state index contributed by atoms with van der Waals surface area (Å²) in [5.74, 6) is 0. The standard InChI is InChI=1S/C7H8OSe/c1-5-3-8-4-6(2)7(5)9/h3-4H,1-2H3. The number of rotatable bonds is 0. The zero-order chi connectivity index (χ0) is 6.85. The molecule has 1 aromatic rings. The van der Waals surface area contributed by atoms with Crippen molar-refractivity contribution in [2.24, 2.45) is 0 Å². The minimum atomic E-state index is 1.16. The topological polar surface area (TPSA) is 13.1 Å². The van der Waals surface area contributed by atoms with Crippen LogP contribution in [0.15, 0.2) is 16.9 Å². The SMILES string of the molecule is Cc1cocc(C)c1=[Se]. The Morgan fingerprint density at radius 1 is 1.22 bits per heavy atom. The fraction of sp³-hybridized carbons (Fsp3) is 0.286. The van der Waals surface area contributed by atoms with Crippen molar-refractivity contribution >= 4 is 15.6 Å². The second-order valence-corrected chi connectivity index (χ2v) is 2.92. The normalized spacial score (nSPS) is 9.56. The summed E-state index contributed by atoms with van der Waals surface area (Å²) in [4.78, 5) is 0. The van der Waals surface area contributed by atoms with E-state index in [9.17, 15) is 0 Å². The average molecular weight is 187 g/mol. The molecular weight excluding hydrogens is 179 g/mol. The van der Waals surface area contributed by atoms with Crippen molar-refractivity contribution < 1.29 is 4.42 Å². The van der Waals surface area contributed by atoms with E-state index < -0.39 is 0 Å². The van der Waals surface area contributed by atoms with Crippen LogP contribution in [0.2, 0.25) is 0 Å². The molecule has 0 aliphatic carbocycles. The summed E-state index contributed by atoms with van der Waals surface area (Å²) < 4.78 is 6.20. The number of aryl methyl sites for hydroxylation is 2. The third kappa shape index (κ3) is 1.32. The van der Waals surface area contributed by atoms with Gasteiger partial charge in [0.1, 0.15) is 0 Å². The van der Waals surface area contributed by atoms with Crippen LogP contribution in [-0.2, 0) is 0 Å². The van der Waals surface area contributed by atoms with E-state index >= 15 is 0 Å². The van der Waals surface area contributed by atoms with Gasteiger partial charge in [0.25, 0.3) is 0 Å². The molecule has 0 amide bonds. The Morgan fingerprint density at radius 3 is 2.00 bits per heavy atom. The van der Waals surface area contributed by atoms with Crippen molar-refractivity contribution in [3.05, 3.63) is 27.7 Å². The van der Waals surface area contributed by atoms with Gasteiger partial charge >= 0.3 is 61.6 Å². The molecule has 0 saturated heterocycles. The molecule has 1 heterocycles. The number of hydrogen-bond donors (Lipinski definition) is 0. The van der Waals surface area contributed by atoms with Crippen LogP contribution in [-0.4, -0.2) is 15.6 Å². The van der Waals surface area contributed by atoms with Gasteiger partial charge in [-0.1, -0.05) is 0 Å². The van der Waals surface area contributed by atoms with Crippen LogP contribution < -0.4 is 0 Å². The first kappa shape index (κ1) is 6.78. The fourth-order valence-electron chi connectivity index (χ4n) is 0.656. The molecule has 0 fully saturated rings. The van der Waals surface area contributed by atoms with Crippen molar-refractivity contribution in [1.29, 1.82) is 0 Å². The number of hydrogen-bond acceptors (Lipinski definition) is 1. The van der Waals surface area contributed by atoms with Crippen molar-refractivity contribution in [3.8, 4) is 0 Å². The van der Waals surface area contributed by atoms with Crippen LogP contribution in [0.4, 0.5) is 0 Å². The Hall–Kier alpha value is -0.331. The molecule has 0 N–H and O–H groups in total. The molecule has 0 unspecified atom stereocenters. The summed E-state index contributed by atoms with van der Waals surface area (Å²) in [5, 5.41) is 0. The molecule has 0 radical (unpaired) electrons. The molecule has 48 valence electrons. The molecule has 0 aromatic carbocycles. The van der Waals surface area contributed by atoms with Gasteiger partial charge in [-0.2, -0.15) is 0 Å². The Morgan fingerprint density at radius 2 is 1.67 bits per heavy atom. The van der Waals surface area contributed by atoms with Crippen molar-refractivity contribution in [1.82, 2.24) is 0 Å². The van der Waals surface area contributed by atoms with Crippen LogP contribution in [0.5, 0.6) is 0 Å². The molecule has 0 aliphatic heterocycles. The van der Waals surface area contributed by atoms with Gasteiger partial charge in [-0.15, -0.1) is 0 Å². The van der Waals surface area contributed by atoms with Crippen LogP contribution >= 0.6 is 0 Å². The van der Waals surface area contributed by atoms with Crippen LogP contribution in [0.1, 0.15) is 11.1 Å². The molecule has 1 nitrogen and oxygen atoms in total. The second kappa shape index (κ2) is 2.51. The minimum absolute atomic E-state index is 1.16. The molecule has 0 aliphatic rings. The molecule has 2 heteroatoms. The first-order valence-electron chi connectivity index (χ1n) is 2.75. The molecule has 0 spiro atoms. The predicted molar refractivity (Wildman–Crippen MR) is 37.2 cm³/mol. The van der Waals surface area contributed by atoms with E-state index in [2.05, 4.69) is 15.6 Å². The molecule has 0 bridgehead atoms. The van der Waals surface area contributed by atoms with Gasteiger partial charge in [-0.25, -0.2) is 0 Å². The Labute approximate surface area is 62.1 Å². The summed E-state index contributed by atoms with van der Waals surface area (Å²) in [6, 6.07) is 0. The summed E-state index contributed by atoms with van der Waals surface area (Å²) >= 11 is 2.98. The van der Waals surface area contributed by atoms with E-state index in [-0.39, 0.29) is 0 Å².